The van der Waals surface area contributed by atoms with Crippen molar-refractivity contribution in [3.05, 3.63) is 88.9 Å². The molecule has 1 aliphatic carbocycles. The third-order valence-corrected chi connectivity index (χ3v) is 5.77. The van der Waals surface area contributed by atoms with Gasteiger partial charge in [-0.15, -0.1) is 0 Å². The first-order valence-electron chi connectivity index (χ1n) is 11.1. The lowest BCUT2D eigenvalue weighted by molar-refractivity contribution is -0.123. The largest absolute Gasteiger partial charge is 0.508 e. The van der Waals surface area contributed by atoms with E-state index in [4.69, 9.17) is 4.74 Å². The van der Waals surface area contributed by atoms with E-state index in [0.717, 1.165) is 12.0 Å². The van der Waals surface area contributed by atoms with Crippen molar-refractivity contribution < 1.29 is 14.6 Å². The Labute approximate surface area is 197 Å². The number of aromatic hydroxyl groups is 1. The molecular formula is C27H27N3O4. The van der Waals surface area contributed by atoms with Crippen molar-refractivity contribution in [1.82, 2.24) is 15.3 Å². The van der Waals surface area contributed by atoms with Crippen LogP contribution in [0.4, 0.5) is 0 Å². The molecule has 0 spiro atoms. The van der Waals surface area contributed by atoms with Crippen LogP contribution in [0, 0.1) is 12.3 Å². The summed E-state index contributed by atoms with van der Waals surface area (Å²) in [4.78, 5) is 31.4. The van der Waals surface area contributed by atoms with E-state index < -0.39 is 5.69 Å². The Morgan fingerprint density at radius 3 is 2.79 bits per heavy atom. The second-order valence-electron chi connectivity index (χ2n) is 8.73. The van der Waals surface area contributed by atoms with Crippen molar-refractivity contribution in [2.45, 2.75) is 20.3 Å². The van der Waals surface area contributed by atoms with Crippen molar-refractivity contribution in [3.8, 4) is 34.0 Å². The number of phenols is 1. The molecule has 0 saturated carbocycles. The lowest BCUT2D eigenvalue weighted by Gasteiger charge is -2.26. The molecular weight excluding hydrogens is 430 g/mol. The Kier molecular flexibility index (Phi) is 6.63. The quantitative estimate of drug-likeness (QED) is 0.495. The van der Waals surface area contributed by atoms with Gasteiger partial charge in [-0.1, -0.05) is 43.4 Å². The van der Waals surface area contributed by atoms with Gasteiger partial charge in [0.2, 0.25) is 0 Å². The zero-order valence-corrected chi connectivity index (χ0v) is 19.2. The fourth-order valence-electron chi connectivity index (χ4n) is 3.73. The molecule has 7 heteroatoms. The van der Waals surface area contributed by atoms with E-state index in [1.165, 1.54) is 0 Å². The van der Waals surface area contributed by atoms with E-state index in [-0.39, 0.29) is 23.7 Å². The number of H-pyrrole nitrogens is 1. The van der Waals surface area contributed by atoms with Gasteiger partial charge in [-0.25, -0.2) is 4.79 Å². The van der Waals surface area contributed by atoms with E-state index >= 15 is 0 Å². The van der Waals surface area contributed by atoms with Gasteiger partial charge < -0.3 is 20.1 Å². The summed E-state index contributed by atoms with van der Waals surface area (Å²) >= 11 is 0. The van der Waals surface area contributed by atoms with Crippen LogP contribution in [0.1, 0.15) is 18.9 Å². The average molecular weight is 458 g/mol. The highest BCUT2D eigenvalue weighted by atomic mass is 16.5. The minimum absolute atomic E-state index is 0.0931. The Morgan fingerprint density at radius 2 is 2.03 bits per heavy atom. The molecule has 34 heavy (non-hydrogen) atoms. The summed E-state index contributed by atoms with van der Waals surface area (Å²) in [6.45, 7) is 4.31. The summed E-state index contributed by atoms with van der Waals surface area (Å²) in [6.07, 6.45) is 9.06. The zero-order chi connectivity index (χ0) is 24.1. The first kappa shape index (κ1) is 23.0. The monoisotopic (exact) mass is 457 g/mol. The summed E-state index contributed by atoms with van der Waals surface area (Å²) in [5, 5.41) is 12.7. The molecule has 0 bridgehead atoms. The highest BCUT2D eigenvalue weighted by Gasteiger charge is 2.21. The number of carbonyl (C=O) groups excluding carboxylic acids is 1. The molecule has 7 nitrogen and oxygen atoms in total. The van der Waals surface area contributed by atoms with Gasteiger partial charge in [0.25, 0.3) is 5.91 Å². The van der Waals surface area contributed by atoms with Crippen LogP contribution in [0.15, 0.2) is 77.6 Å². The Hall–Kier alpha value is -4.13. The summed E-state index contributed by atoms with van der Waals surface area (Å²) < 4.78 is 5.69. The number of amides is 1. The first-order chi connectivity index (χ1) is 16.3. The van der Waals surface area contributed by atoms with Gasteiger partial charge in [0, 0.05) is 17.5 Å². The van der Waals surface area contributed by atoms with Crippen LogP contribution in [0.25, 0.3) is 22.5 Å². The number of rotatable bonds is 7. The zero-order valence-electron chi connectivity index (χ0n) is 19.2. The highest BCUT2D eigenvalue weighted by molar-refractivity contribution is 5.77. The molecule has 1 aliphatic rings. The lowest BCUT2D eigenvalue weighted by atomic mass is 9.84. The summed E-state index contributed by atoms with van der Waals surface area (Å²) in [5.74, 6) is 0.493. The number of aromatic amines is 1. The van der Waals surface area contributed by atoms with Crippen LogP contribution in [0.2, 0.25) is 0 Å². The normalized spacial score (nSPS) is 16.9. The molecule has 0 saturated heterocycles. The fraction of sp³-hybridized carbons (Fsp3) is 0.222. The Balaban J connectivity index is 1.45. The number of aryl methyl sites for hydroxylation is 1. The molecule has 1 atom stereocenters. The molecule has 1 heterocycles. The summed E-state index contributed by atoms with van der Waals surface area (Å²) in [7, 11) is 0. The molecule has 0 aliphatic heterocycles. The number of nitrogens with zero attached hydrogens (tertiary/aromatic N) is 1. The maximum Gasteiger partial charge on any atom is 0.345 e. The smallest absolute Gasteiger partial charge is 0.345 e. The second-order valence-corrected chi connectivity index (χ2v) is 8.73. The SMILES string of the molecule is Cc1cc(-c2cc(-c3cccc(OCC(=O)NCC4(C)C=CC=CC4)c3)nc(=O)[nH]2)ccc1O. The summed E-state index contributed by atoms with van der Waals surface area (Å²) in [6, 6.07) is 14.0. The van der Waals surface area contributed by atoms with Gasteiger partial charge in [0.1, 0.15) is 11.5 Å². The number of carbonyl (C=O) groups is 1. The molecule has 1 amide bonds. The third kappa shape index (κ3) is 5.61. The maximum absolute atomic E-state index is 12.3. The minimum atomic E-state index is -0.482. The van der Waals surface area contributed by atoms with E-state index in [2.05, 4.69) is 34.4 Å². The van der Waals surface area contributed by atoms with Crippen LogP contribution in [0.3, 0.4) is 0 Å². The number of phenolic OH excluding ortho intramolecular Hbond substituents is 1. The minimum Gasteiger partial charge on any atom is -0.508 e. The van der Waals surface area contributed by atoms with Gasteiger partial charge in [0.05, 0.1) is 11.4 Å². The summed E-state index contributed by atoms with van der Waals surface area (Å²) in [5.41, 5.74) is 2.64. The Morgan fingerprint density at radius 1 is 1.18 bits per heavy atom. The van der Waals surface area contributed by atoms with Gasteiger partial charge in [-0.3, -0.25) is 4.79 Å². The molecule has 4 rings (SSSR count). The molecule has 1 unspecified atom stereocenters. The van der Waals surface area contributed by atoms with E-state index in [1.807, 2.05) is 18.2 Å². The number of allylic oxidation sites excluding steroid dienone is 3. The molecule has 3 aromatic rings. The molecule has 3 N–H and O–H groups in total. The predicted octanol–water partition coefficient (Wildman–Crippen LogP) is 4.14. The van der Waals surface area contributed by atoms with E-state index in [1.54, 1.807) is 49.4 Å². The Bertz CT molecular complexity index is 1330. The van der Waals surface area contributed by atoms with Crippen LogP contribution in [-0.4, -0.2) is 34.1 Å². The van der Waals surface area contributed by atoms with Crippen molar-refractivity contribution in [3.63, 3.8) is 0 Å². The van der Waals surface area contributed by atoms with Crippen molar-refractivity contribution in [2.24, 2.45) is 5.41 Å². The van der Waals surface area contributed by atoms with Gasteiger partial charge in [-0.05, 0) is 60.9 Å². The van der Waals surface area contributed by atoms with Crippen molar-refractivity contribution in [2.75, 3.05) is 13.2 Å². The van der Waals surface area contributed by atoms with E-state index in [0.29, 0.717) is 34.8 Å². The predicted molar refractivity (Wildman–Crippen MR) is 132 cm³/mol. The number of nitrogens with one attached hydrogen (secondary N) is 2. The second kappa shape index (κ2) is 9.79. The number of ether oxygens (including phenoxy) is 1. The number of hydrogen-bond donors (Lipinski definition) is 3. The number of benzene rings is 2. The first-order valence-corrected chi connectivity index (χ1v) is 11.1. The maximum atomic E-state index is 12.3. The lowest BCUT2D eigenvalue weighted by Crippen LogP contribution is -2.37. The fourth-order valence-corrected chi connectivity index (χ4v) is 3.73. The average Bonchev–Trinajstić information content (AvgIpc) is 2.83. The van der Waals surface area contributed by atoms with Gasteiger partial charge in [-0.2, -0.15) is 4.98 Å². The van der Waals surface area contributed by atoms with Gasteiger partial charge >= 0.3 is 5.69 Å². The number of aromatic nitrogens is 2. The molecule has 2 aromatic carbocycles. The molecule has 0 radical (unpaired) electrons. The topological polar surface area (TPSA) is 104 Å². The van der Waals surface area contributed by atoms with Gasteiger partial charge in [0.15, 0.2) is 6.61 Å². The van der Waals surface area contributed by atoms with Crippen LogP contribution < -0.4 is 15.7 Å². The highest BCUT2D eigenvalue weighted by Crippen LogP contribution is 2.28. The number of hydrogen-bond acceptors (Lipinski definition) is 5. The third-order valence-electron chi connectivity index (χ3n) is 5.77. The van der Waals surface area contributed by atoms with Crippen LogP contribution in [-0.2, 0) is 4.79 Å². The van der Waals surface area contributed by atoms with E-state index in [9.17, 15) is 14.7 Å². The molecule has 1 aromatic heterocycles. The van der Waals surface area contributed by atoms with Crippen molar-refractivity contribution in [1.29, 1.82) is 0 Å². The van der Waals surface area contributed by atoms with Crippen LogP contribution in [0.5, 0.6) is 11.5 Å². The van der Waals surface area contributed by atoms with Crippen LogP contribution >= 0.6 is 0 Å². The van der Waals surface area contributed by atoms with Crippen molar-refractivity contribution >= 4 is 5.91 Å². The molecule has 174 valence electrons. The molecule has 0 fully saturated rings. The standard InChI is InChI=1S/C27H27N3O4/c1-18-13-20(9-10-24(18)31)23-15-22(29-26(33)30-23)19-7-6-8-21(14-19)34-16-25(32)28-17-27(2)11-4-3-5-12-27/h3-11,13-15,31H,12,16-17H2,1-2H3,(H,28,32)(H,29,30,33).